The molecular formula is C10H8ClN2OSe. The maximum absolute atomic E-state index is 11.4. The molecule has 1 aliphatic heterocycles. The standard InChI is InChI=1S/C10H8ClN2OSe/c11-7-3-1-6(2-4-7)5-8-9(14)13-10(15)12-8/h1-4,8H,5H2,(H,12,13,14). The minimum atomic E-state index is -0.317. The molecule has 0 saturated carbocycles. The summed E-state index contributed by atoms with van der Waals surface area (Å²) >= 11 is 8.46. The summed E-state index contributed by atoms with van der Waals surface area (Å²) < 4.78 is 0.568. The average molecular weight is 287 g/mol. The van der Waals surface area contributed by atoms with Crippen molar-refractivity contribution in [3.05, 3.63) is 34.9 Å². The summed E-state index contributed by atoms with van der Waals surface area (Å²) in [6, 6.07) is 7.12. The first-order valence-corrected chi connectivity index (χ1v) is 5.69. The third kappa shape index (κ3) is 2.59. The van der Waals surface area contributed by atoms with Crippen LogP contribution in [0.2, 0.25) is 5.02 Å². The molecule has 0 aromatic heterocycles. The van der Waals surface area contributed by atoms with Crippen LogP contribution in [0, 0.1) is 0 Å². The molecule has 77 valence electrons. The molecule has 2 rings (SSSR count). The molecule has 1 aromatic carbocycles. The Morgan fingerprint density at radius 2 is 2.07 bits per heavy atom. The van der Waals surface area contributed by atoms with E-state index in [1.165, 1.54) is 0 Å². The van der Waals surface area contributed by atoms with Crippen LogP contribution in [-0.2, 0) is 11.2 Å². The van der Waals surface area contributed by atoms with Gasteiger partial charge >= 0.3 is 101 Å². The number of aliphatic imine (C=N–C) groups is 1. The number of amidine groups is 1. The third-order valence-electron chi connectivity index (χ3n) is 2.15. The van der Waals surface area contributed by atoms with Gasteiger partial charge in [0.1, 0.15) is 0 Å². The summed E-state index contributed by atoms with van der Waals surface area (Å²) in [7, 11) is 0. The zero-order valence-corrected chi connectivity index (χ0v) is 10.2. The summed E-state index contributed by atoms with van der Waals surface area (Å²) in [6.07, 6.45) is 0.605. The zero-order chi connectivity index (χ0) is 10.8. The maximum atomic E-state index is 11.4. The van der Waals surface area contributed by atoms with E-state index in [1.54, 1.807) is 0 Å². The number of carbonyl (C=O) groups excluding carboxylic acids is 1. The van der Waals surface area contributed by atoms with E-state index >= 15 is 0 Å². The number of halogens is 1. The van der Waals surface area contributed by atoms with E-state index in [9.17, 15) is 4.79 Å². The Morgan fingerprint density at radius 1 is 1.40 bits per heavy atom. The molecule has 15 heavy (non-hydrogen) atoms. The Morgan fingerprint density at radius 3 is 2.60 bits per heavy atom. The molecule has 1 radical (unpaired) electrons. The van der Waals surface area contributed by atoms with Crippen LogP contribution in [0.15, 0.2) is 29.3 Å². The molecule has 0 aliphatic carbocycles. The number of carbonyl (C=O) groups is 1. The molecule has 0 bridgehead atoms. The van der Waals surface area contributed by atoms with E-state index in [1.807, 2.05) is 24.3 Å². The first kappa shape index (κ1) is 10.7. The number of nitrogens with one attached hydrogen (secondary N) is 1. The van der Waals surface area contributed by atoms with Gasteiger partial charge in [0.2, 0.25) is 0 Å². The minimum absolute atomic E-state index is 0.0568. The summed E-state index contributed by atoms with van der Waals surface area (Å²) in [5, 5.41) is 3.32. The van der Waals surface area contributed by atoms with Crippen LogP contribution >= 0.6 is 11.6 Å². The van der Waals surface area contributed by atoms with Gasteiger partial charge in [-0.3, -0.25) is 0 Å². The van der Waals surface area contributed by atoms with Crippen LogP contribution < -0.4 is 5.32 Å². The monoisotopic (exact) mass is 287 g/mol. The number of rotatable bonds is 2. The summed E-state index contributed by atoms with van der Waals surface area (Å²) in [6.45, 7) is 0. The second-order valence-corrected chi connectivity index (χ2v) is 4.52. The van der Waals surface area contributed by atoms with Gasteiger partial charge in [0.25, 0.3) is 0 Å². The molecular weight excluding hydrogens is 279 g/mol. The molecule has 5 heteroatoms. The number of hydrogen-bond acceptors (Lipinski definition) is 2. The van der Waals surface area contributed by atoms with Crippen molar-refractivity contribution in [2.45, 2.75) is 12.5 Å². The van der Waals surface area contributed by atoms with E-state index < -0.39 is 0 Å². The molecule has 1 heterocycles. The second kappa shape index (κ2) is 4.35. The van der Waals surface area contributed by atoms with Crippen LogP contribution in [0.25, 0.3) is 0 Å². The van der Waals surface area contributed by atoms with Crippen molar-refractivity contribution < 1.29 is 4.79 Å². The average Bonchev–Trinajstić information content (AvgIpc) is 2.49. The number of amides is 1. The second-order valence-electron chi connectivity index (χ2n) is 3.27. The van der Waals surface area contributed by atoms with E-state index in [0.717, 1.165) is 5.56 Å². The number of nitrogens with zero attached hydrogens (tertiary/aromatic N) is 1. The topological polar surface area (TPSA) is 41.5 Å². The molecule has 1 aromatic rings. The van der Waals surface area contributed by atoms with Crippen LogP contribution in [0.1, 0.15) is 5.56 Å². The fourth-order valence-corrected chi connectivity index (χ4v) is 2.01. The van der Waals surface area contributed by atoms with Crippen molar-refractivity contribution in [2.24, 2.45) is 4.99 Å². The molecule has 3 nitrogen and oxygen atoms in total. The van der Waals surface area contributed by atoms with Crippen molar-refractivity contribution in [1.82, 2.24) is 5.32 Å². The quantitative estimate of drug-likeness (QED) is 0.807. The Balaban J connectivity index is 2.09. The summed E-state index contributed by atoms with van der Waals surface area (Å²) in [5.74, 6) is -0.0568. The normalized spacial score (nSPS) is 19.9. The molecule has 1 unspecified atom stereocenters. The van der Waals surface area contributed by atoms with Gasteiger partial charge in [0.15, 0.2) is 0 Å². The van der Waals surface area contributed by atoms with Gasteiger partial charge in [0, 0.05) is 0 Å². The van der Waals surface area contributed by atoms with Crippen molar-refractivity contribution >= 4 is 38.3 Å². The summed E-state index contributed by atoms with van der Waals surface area (Å²) in [5.41, 5.74) is 1.05. The fourth-order valence-electron chi connectivity index (χ4n) is 1.40. The molecule has 0 fully saturated rings. The van der Waals surface area contributed by atoms with Crippen LogP contribution in [0.3, 0.4) is 0 Å². The molecule has 1 amide bonds. The van der Waals surface area contributed by atoms with Gasteiger partial charge in [-0.1, -0.05) is 0 Å². The van der Waals surface area contributed by atoms with Crippen LogP contribution in [0.4, 0.5) is 0 Å². The van der Waals surface area contributed by atoms with Crippen molar-refractivity contribution in [2.75, 3.05) is 0 Å². The first-order valence-electron chi connectivity index (χ1n) is 4.45. The van der Waals surface area contributed by atoms with Crippen LogP contribution in [-0.4, -0.2) is 32.7 Å². The van der Waals surface area contributed by atoms with Crippen molar-refractivity contribution in [3.63, 3.8) is 0 Å². The predicted octanol–water partition coefficient (Wildman–Crippen LogP) is 0.905. The molecule has 1 atom stereocenters. The summed E-state index contributed by atoms with van der Waals surface area (Å²) in [4.78, 5) is 15.5. The fraction of sp³-hybridized carbons (Fsp3) is 0.200. The SMILES string of the molecule is O=C1NC([Se])=NC1Cc1ccc(Cl)cc1. The Labute approximate surface area is 101 Å². The molecule has 0 spiro atoms. The van der Waals surface area contributed by atoms with E-state index in [0.29, 0.717) is 16.2 Å². The molecule has 0 saturated heterocycles. The van der Waals surface area contributed by atoms with Gasteiger partial charge in [0.05, 0.1) is 0 Å². The van der Waals surface area contributed by atoms with Gasteiger partial charge in [-0.2, -0.15) is 0 Å². The van der Waals surface area contributed by atoms with Gasteiger partial charge in [-0.25, -0.2) is 0 Å². The van der Waals surface area contributed by atoms with Gasteiger partial charge in [-0.05, 0) is 0 Å². The molecule has 1 aliphatic rings. The van der Waals surface area contributed by atoms with Crippen molar-refractivity contribution in [1.29, 1.82) is 0 Å². The number of benzene rings is 1. The van der Waals surface area contributed by atoms with Gasteiger partial charge in [-0.15, -0.1) is 0 Å². The van der Waals surface area contributed by atoms with Crippen molar-refractivity contribution in [3.8, 4) is 0 Å². The zero-order valence-electron chi connectivity index (χ0n) is 7.74. The van der Waals surface area contributed by atoms with Crippen LogP contribution in [0.5, 0.6) is 0 Å². The Hall–Kier alpha value is -0.831. The van der Waals surface area contributed by atoms with E-state index in [4.69, 9.17) is 11.6 Å². The van der Waals surface area contributed by atoms with E-state index in [-0.39, 0.29) is 11.9 Å². The third-order valence-corrected chi connectivity index (χ3v) is 2.84. The first-order chi connectivity index (χ1) is 7.15. The van der Waals surface area contributed by atoms with Gasteiger partial charge < -0.3 is 0 Å². The number of hydrogen-bond donors (Lipinski definition) is 1. The van der Waals surface area contributed by atoms with E-state index in [2.05, 4.69) is 26.3 Å². The Bertz CT molecular complexity index is 416. The Kier molecular flexibility index (Phi) is 3.10. The molecule has 1 N–H and O–H groups in total. The predicted molar refractivity (Wildman–Crippen MR) is 60.3 cm³/mol.